The molecule has 1 amide bonds. The van der Waals surface area contributed by atoms with Gasteiger partial charge in [-0.15, -0.1) is 0 Å². The van der Waals surface area contributed by atoms with Crippen molar-refractivity contribution in [3.63, 3.8) is 0 Å². The van der Waals surface area contributed by atoms with Gasteiger partial charge in [0, 0.05) is 6.54 Å². The number of para-hydroxylation sites is 1. The summed E-state index contributed by atoms with van der Waals surface area (Å²) in [5.74, 6) is 1.52. The molecule has 1 aromatic carbocycles. The van der Waals surface area contributed by atoms with Crippen LogP contribution in [0.15, 0.2) is 18.2 Å². The SMILES string of the molecule is Cc1cccc2c1N1CC3CCCC3C1C(=O)N2. The van der Waals surface area contributed by atoms with Gasteiger partial charge in [-0.1, -0.05) is 18.6 Å². The fourth-order valence-electron chi connectivity index (χ4n) is 4.22. The molecule has 18 heavy (non-hydrogen) atoms. The number of rotatable bonds is 0. The van der Waals surface area contributed by atoms with Gasteiger partial charge >= 0.3 is 0 Å². The molecular formula is C15H18N2O. The summed E-state index contributed by atoms with van der Waals surface area (Å²) in [6.45, 7) is 3.21. The Hall–Kier alpha value is -1.51. The zero-order chi connectivity index (χ0) is 12.3. The van der Waals surface area contributed by atoms with Gasteiger partial charge in [0.15, 0.2) is 0 Å². The summed E-state index contributed by atoms with van der Waals surface area (Å²) in [5.41, 5.74) is 3.53. The molecule has 0 radical (unpaired) electrons. The second-order valence-corrected chi connectivity index (χ2v) is 5.91. The van der Waals surface area contributed by atoms with Crippen LogP contribution in [0.1, 0.15) is 24.8 Å². The third kappa shape index (κ3) is 1.22. The minimum Gasteiger partial charge on any atom is -0.357 e. The molecule has 4 rings (SSSR count). The van der Waals surface area contributed by atoms with E-state index in [-0.39, 0.29) is 11.9 Å². The van der Waals surface area contributed by atoms with Crippen LogP contribution < -0.4 is 10.2 Å². The first-order valence-electron chi connectivity index (χ1n) is 6.93. The highest BCUT2D eigenvalue weighted by molar-refractivity contribution is 6.04. The fraction of sp³-hybridized carbons (Fsp3) is 0.533. The first-order valence-corrected chi connectivity index (χ1v) is 6.93. The Balaban J connectivity index is 1.84. The lowest BCUT2D eigenvalue weighted by Crippen LogP contribution is -2.47. The summed E-state index contributed by atoms with van der Waals surface area (Å²) in [6.07, 6.45) is 3.82. The van der Waals surface area contributed by atoms with Crippen molar-refractivity contribution < 1.29 is 4.79 Å². The maximum atomic E-state index is 12.3. The Kier molecular flexibility index (Phi) is 2.02. The van der Waals surface area contributed by atoms with Crippen molar-refractivity contribution in [2.45, 2.75) is 32.2 Å². The summed E-state index contributed by atoms with van der Waals surface area (Å²) in [6, 6.07) is 6.27. The van der Waals surface area contributed by atoms with Crippen LogP contribution in [0.4, 0.5) is 11.4 Å². The molecule has 1 aliphatic carbocycles. The number of anilines is 2. The minimum atomic E-state index is 0.0890. The lowest BCUT2D eigenvalue weighted by Gasteiger charge is -2.36. The number of amides is 1. The number of nitrogens with one attached hydrogen (secondary N) is 1. The van der Waals surface area contributed by atoms with E-state index in [4.69, 9.17) is 0 Å². The third-order valence-electron chi connectivity index (χ3n) is 4.94. The number of benzene rings is 1. The van der Waals surface area contributed by atoms with Crippen molar-refractivity contribution in [1.29, 1.82) is 0 Å². The summed E-state index contributed by atoms with van der Waals surface area (Å²) < 4.78 is 0. The second kappa shape index (κ2) is 3.50. The van der Waals surface area contributed by atoms with E-state index in [2.05, 4.69) is 23.2 Å². The maximum Gasteiger partial charge on any atom is 0.247 e. The molecule has 0 bridgehead atoms. The molecule has 3 aliphatic rings. The van der Waals surface area contributed by atoms with E-state index in [1.165, 1.54) is 30.5 Å². The van der Waals surface area contributed by atoms with Crippen LogP contribution in [0, 0.1) is 18.8 Å². The van der Waals surface area contributed by atoms with Crippen molar-refractivity contribution in [2.24, 2.45) is 11.8 Å². The molecule has 2 heterocycles. The van der Waals surface area contributed by atoms with Crippen molar-refractivity contribution in [2.75, 3.05) is 16.8 Å². The third-order valence-corrected chi connectivity index (χ3v) is 4.94. The molecule has 3 unspecified atom stereocenters. The Bertz CT molecular complexity index is 525. The molecule has 1 N–H and O–H groups in total. The Labute approximate surface area is 107 Å². The van der Waals surface area contributed by atoms with Gasteiger partial charge in [0.1, 0.15) is 6.04 Å². The predicted molar refractivity (Wildman–Crippen MR) is 71.8 cm³/mol. The Morgan fingerprint density at radius 2 is 2.22 bits per heavy atom. The first kappa shape index (κ1) is 10.4. The van der Waals surface area contributed by atoms with Crippen molar-refractivity contribution >= 4 is 17.3 Å². The fourth-order valence-corrected chi connectivity index (χ4v) is 4.22. The standard InChI is InChI=1S/C15H18N2O/c1-9-4-2-7-12-13(9)17-8-10-5-3-6-11(10)14(17)15(18)16-12/h2,4,7,10-11,14H,3,5-6,8H2,1H3,(H,16,18). The lowest BCUT2D eigenvalue weighted by molar-refractivity contribution is -0.118. The van der Waals surface area contributed by atoms with E-state index < -0.39 is 0 Å². The molecule has 3 nitrogen and oxygen atoms in total. The Morgan fingerprint density at radius 1 is 1.33 bits per heavy atom. The van der Waals surface area contributed by atoms with Gasteiger partial charge in [-0.3, -0.25) is 4.79 Å². The second-order valence-electron chi connectivity index (χ2n) is 5.91. The molecule has 94 valence electrons. The molecule has 2 aliphatic heterocycles. The van der Waals surface area contributed by atoms with Gasteiger partial charge in [0.2, 0.25) is 5.91 Å². The van der Waals surface area contributed by atoms with Gasteiger partial charge in [0.25, 0.3) is 0 Å². The average Bonchev–Trinajstić information content (AvgIpc) is 2.88. The van der Waals surface area contributed by atoms with E-state index in [1.807, 2.05) is 12.1 Å². The smallest absolute Gasteiger partial charge is 0.247 e. The molecule has 1 saturated carbocycles. The van der Waals surface area contributed by atoms with E-state index in [0.717, 1.165) is 18.2 Å². The van der Waals surface area contributed by atoms with Crippen LogP contribution in [-0.2, 0) is 4.79 Å². The minimum absolute atomic E-state index is 0.0890. The number of carbonyl (C=O) groups excluding carboxylic acids is 1. The number of nitrogens with zero attached hydrogens (tertiary/aromatic N) is 1. The van der Waals surface area contributed by atoms with E-state index in [9.17, 15) is 4.79 Å². The molecule has 3 heteroatoms. The molecule has 1 saturated heterocycles. The van der Waals surface area contributed by atoms with Crippen LogP contribution in [0.2, 0.25) is 0 Å². The van der Waals surface area contributed by atoms with E-state index in [1.54, 1.807) is 0 Å². The monoisotopic (exact) mass is 242 g/mol. The highest BCUT2D eigenvalue weighted by Gasteiger charge is 2.50. The van der Waals surface area contributed by atoms with Gasteiger partial charge in [-0.2, -0.15) is 0 Å². The van der Waals surface area contributed by atoms with Crippen LogP contribution in [0.3, 0.4) is 0 Å². The van der Waals surface area contributed by atoms with Crippen LogP contribution in [-0.4, -0.2) is 18.5 Å². The molecule has 0 aromatic heterocycles. The lowest BCUT2D eigenvalue weighted by atomic mass is 9.92. The van der Waals surface area contributed by atoms with E-state index >= 15 is 0 Å². The quantitative estimate of drug-likeness (QED) is 0.758. The summed E-state index contributed by atoms with van der Waals surface area (Å²) in [7, 11) is 0. The normalized spacial score (nSPS) is 32.8. The number of hydrogen-bond donors (Lipinski definition) is 1. The number of aryl methyl sites for hydroxylation is 1. The highest BCUT2D eigenvalue weighted by Crippen LogP contribution is 2.48. The number of carbonyl (C=O) groups is 1. The van der Waals surface area contributed by atoms with E-state index in [0.29, 0.717) is 5.92 Å². The topological polar surface area (TPSA) is 32.3 Å². The molecular weight excluding hydrogens is 224 g/mol. The first-order chi connectivity index (χ1) is 8.75. The molecule has 1 aromatic rings. The summed E-state index contributed by atoms with van der Waals surface area (Å²) >= 11 is 0. The van der Waals surface area contributed by atoms with Gasteiger partial charge in [-0.05, 0) is 43.2 Å². The highest BCUT2D eigenvalue weighted by atomic mass is 16.2. The molecule has 2 fully saturated rings. The van der Waals surface area contributed by atoms with Crippen LogP contribution in [0.5, 0.6) is 0 Å². The molecule has 0 spiro atoms. The summed E-state index contributed by atoms with van der Waals surface area (Å²) in [4.78, 5) is 14.7. The van der Waals surface area contributed by atoms with Crippen molar-refractivity contribution in [1.82, 2.24) is 0 Å². The van der Waals surface area contributed by atoms with Crippen LogP contribution >= 0.6 is 0 Å². The zero-order valence-electron chi connectivity index (χ0n) is 10.6. The zero-order valence-corrected chi connectivity index (χ0v) is 10.6. The maximum absolute atomic E-state index is 12.3. The Morgan fingerprint density at radius 3 is 3.11 bits per heavy atom. The van der Waals surface area contributed by atoms with Gasteiger partial charge in [-0.25, -0.2) is 0 Å². The van der Waals surface area contributed by atoms with Crippen molar-refractivity contribution in [3.8, 4) is 0 Å². The number of fused-ring (bicyclic) bond motifs is 5. The van der Waals surface area contributed by atoms with Gasteiger partial charge in [0.05, 0.1) is 11.4 Å². The predicted octanol–water partition coefficient (Wildman–Crippen LogP) is 2.55. The van der Waals surface area contributed by atoms with Crippen LogP contribution in [0.25, 0.3) is 0 Å². The van der Waals surface area contributed by atoms with Crippen molar-refractivity contribution in [3.05, 3.63) is 23.8 Å². The molecule has 3 atom stereocenters. The largest absolute Gasteiger partial charge is 0.357 e. The summed E-state index contributed by atoms with van der Waals surface area (Å²) in [5, 5.41) is 3.10. The van der Waals surface area contributed by atoms with Gasteiger partial charge < -0.3 is 10.2 Å². The average molecular weight is 242 g/mol. The number of hydrogen-bond acceptors (Lipinski definition) is 2.